The molecule has 2 aliphatic heterocycles. The fourth-order valence-corrected chi connectivity index (χ4v) is 3.66. The summed E-state index contributed by atoms with van der Waals surface area (Å²) < 4.78 is 0. The Morgan fingerprint density at radius 3 is 2.71 bits per heavy atom. The maximum absolute atomic E-state index is 11.7. The molecule has 6 heteroatoms. The Bertz CT molecular complexity index is 603. The zero-order valence-electron chi connectivity index (χ0n) is 14.5. The van der Waals surface area contributed by atoms with E-state index in [0.717, 1.165) is 32.5 Å². The molecule has 1 N–H and O–H groups in total. The Balaban J connectivity index is 1.65. The molecule has 2 aliphatic rings. The van der Waals surface area contributed by atoms with E-state index >= 15 is 0 Å². The van der Waals surface area contributed by atoms with Crippen LogP contribution in [0.4, 0.5) is 10.5 Å². The molecule has 0 aliphatic carbocycles. The predicted molar refractivity (Wildman–Crippen MR) is 93.9 cm³/mol. The fourth-order valence-electron chi connectivity index (χ4n) is 3.66. The van der Waals surface area contributed by atoms with Crippen molar-refractivity contribution in [2.75, 3.05) is 38.1 Å². The lowest BCUT2D eigenvalue weighted by molar-refractivity contribution is -0.125. The molecule has 3 amide bonds. The summed E-state index contributed by atoms with van der Waals surface area (Å²) >= 11 is 0. The first kappa shape index (κ1) is 16.8. The molecule has 24 heavy (non-hydrogen) atoms. The van der Waals surface area contributed by atoms with Crippen LogP contribution < -0.4 is 10.2 Å². The normalized spacial score (nSPS) is 21.7. The van der Waals surface area contributed by atoms with Gasteiger partial charge >= 0.3 is 6.03 Å². The van der Waals surface area contributed by atoms with E-state index in [4.69, 9.17) is 0 Å². The second kappa shape index (κ2) is 7.21. The summed E-state index contributed by atoms with van der Waals surface area (Å²) in [7, 11) is 2.15. The summed E-state index contributed by atoms with van der Waals surface area (Å²) in [5, 5.41) is 2.57. The number of carbonyl (C=O) groups is 2. The molecule has 1 atom stereocenters. The number of benzene rings is 1. The summed E-state index contributed by atoms with van der Waals surface area (Å²) in [5.74, 6) is -0.118. The van der Waals surface area contributed by atoms with E-state index in [1.54, 1.807) is 0 Å². The van der Waals surface area contributed by atoms with Crippen molar-refractivity contribution < 1.29 is 9.59 Å². The van der Waals surface area contributed by atoms with Gasteiger partial charge in [-0.05, 0) is 24.5 Å². The van der Waals surface area contributed by atoms with Crippen LogP contribution in [0.3, 0.4) is 0 Å². The number of carbonyl (C=O) groups excluding carboxylic acids is 2. The highest BCUT2D eigenvalue weighted by Gasteiger charge is 2.29. The summed E-state index contributed by atoms with van der Waals surface area (Å²) in [5.41, 5.74) is 2.64. The van der Waals surface area contributed by atoms with Crippen LogP contribution in [0.15, 0.2) is 24.3 Å². The average Bonchev–Trinajstić information content (AvgIpc) is 2.83. The monoisotopic (exact) mass is 330 g/mol. The van der Waals surface area contributed by atoms with Crippen LogP contribution >= 0.6 is 0 Å². The summed E-state index contributed by atoms with van der Waals surface area (Å²) in [6.45, 7) is 5.65. The molecule has 0 aromatic heterocycles. The number of para-hydroxylation sites is 1. The van der Waals surface area contributed by atoms with Gasteiger partial charge < -0.3 is 10.2 Å². The molecule has 1 aromatic carbocycles. The third kappa shape index (κ3) is 3.38. The molecule has 1 saturated heterocycles. The van der Waals surface area contributed by atoms with E-state index in [-0.39, 0.29) is 18.5 Å². The molecule has 1 aromatic rings. The van der Waals surface area contributed by atoms with Gasteiger partial charge in [-0.3, -0.25) is 14.6 Å². The van der Waals surface area contributed by atoms with Gasteiger partial charge in [-0.25, -0.2) is 4.79 Å². The zero-order chi connectivity index (χ0) is 17.1. The van der Waals surface area contributed by atoms with Crippen molar-refractivity contribution in [3.63, 3.8) is 0 Å². The van der Waals surface area contributed by atoms with Crippen molar-refractivity contribution >= 4 is 17.6 Å². The van der Waals surface area contributed by atoms with Crippen LogP contribution in [0.25, 0.3) is 0 Å². The number of fused-ring (bicyclic) bond motifs is 1. The van der Waals surface area contributed by atoms with Crippen LogP contribution in [0.5, 0.6) is 0 Å². The number of hydrogen-bond acceptors (Lipinski definition) is 4. The molecule has 130 valence electrons. The van der Waals surface area contributed by atoms with E-state index in [9.17, 15) is 9.59 Å². The van der Waals surface area contributed by atoms with Gasteiger partial charge in [0.2, 0.25) is 5.91 Å². The van der Waals surface area contributed by atoms with Gasteiger partial charge in [-0.2, -0.15) is 0 Å². The molecule has 0 spiro atoms. The number of likely N-dealkylation sites (N-methyl/N-ethyl adjacent to an activating group) is 1. The van der Waals surface area contributed by atoms with Gasteiger partial charge in [-0.1, -0.05) is 25.1 Å². The molecule has 0 bridgehead atoms. The van der Waals surface area contributed by atoms with Crippen LogP contribution in [-0.4, -0.2) is 61.0 Å². The number of anilines is 1. The smallest absolute Gasteiger partial charge is 0.324 e. The van der Waals surface area contributed by atoms with Crippen molar-refractivity contribution in [1.29, 1.82) is 0 Å². The number of nitrogens with one attached hydrogen (secondary N) is 1. The lowest BCUT2D eigenvalue weighted by Crippen LogP contribution is -2.41. The van der Waals surface area contributed by atoms with E-state index in [1.165, 1.54) is 16.2 Å². The van der Waals surface area contributed by atoms with Gasteiger partial charge in [0.05, 0.1) is 6.54 Å². The lowest BCUT2D eigenvalue weighted by Gasteiger charge is -2.31. The Hall–Kier alpha value is -2.08. The van der Waals surface area contributed by atoms with E-state index in [2.05, 4.69) is 53.4 Å². The summed E-state index contributed by atoms with van der Waals surface area (Å²) in [6, 6.07) is 8.76. The van der Waals surface area contributed by atoms with Crippen LogP contribution in [0.1, 0.15) is 25.3 Å². The highest BCUT2D eigenvalue weighted by Crippen LogP contribution is 2.27. The van der Waals surface area contributed by atoms with Crippen LogP contribution in [0, 0.1) is 0 Å². The number of nitrogens with zero attached hydrogens (tertiary/aromatic N) is 3. The van der Waals surface area contributed by atoms with E-state index in [0.29, 0.717) is 12.6 Å². The molecule has 0 unspecified atom stereocenters. The first-order chi connectivity index (χ1) is 11.6. The van der Waals surface area contributed by atoms with Crippen molar-refractivity contribution in [2.24, 2.45) is 0 Å². The van der Waals surface area contributed by atoms with Crippen molar-refractivity contribution in [2.45, 2.75) is 32.4 Å². The maximum Gasteiger partial charge on any atom is 0.324 e. The van der Waals surface area contributed by atoms with Gasteiger partial charge in [0.15, 0.2) is 0 Å². The highest BCUT2D eigenvalue weighted by molar-refractivity contribution is 6.01. The van der Waals surface area contributed by atoms with Crippen molar-refractivity contribution in [3.8, 4) is 0 Å². The number of hydrogen-bond donors (Lipinski definition) is 1. The average molecular weight is 330 g/mol. The fraction of sp³-hybridized carbons (Fsp3) is 0.556. The predicted octanol–water partition coefficient (Wildman–Crippen LogP) is 1.66. The molecule has 0 radical (unpaired) electrons. The first-order valence-electron chi connectivity index (χ1n) is 8.71. The Morgan fingerprint density at radius 1 is 1.21 bits per heavy atom. The standard InChI is InChI=1S/C18H26N4O2/c1-3-15-13-20(2)16-8-5-4-7-14(16)12-21(15)9-6-10-22-17(23)11-19-18(22)24/h4-5,7-8,15H,3,6,9-13H2,1-2H3,(H,19,24)/t15-/m0/s1. The van der Waals surface area contributed by atoms with E-state index in [1.807, 2.05) is 0 Å². The second-order valence-electron chi connectivity index (χ2n) is 6.60. The Labute approximate surface area is 143 Å². The Kier molecular flexibility index (Phi) is 5.04. The minimum atomic E-state index is -0.256. The third-order valence-electron chi connectivity index (χ3n) is 5.01. The first-order valence-corrected chi connectivity index (χ1v) is 8.71. The topological polar surface area (TPSA) is 55.9 Å². The molecule has 2 heterocycles. The zero-order valence-corrected chi connectivity index (χ0v) is 14.5. The number of amides is 3. The number of rotatable bonds is 5. The quantitative estimate of drug-likeness (QED) is 0.834. The van der Waals surface area contributed by atoms with Crippen molar-refractivity contribution in [3.05, 3.63) is 29.8 Å². The molecule has 3 rings (SSSR count). The molecule has 1 fully saturated rings. The van der Waals surface area contributed by atoms with Crippen molar-refractivity contribution in [1.82, 2.24) is 15.1 Å². The largest absolute Gasteiger partial charge is 0.373 e. The van der Waals surface area contributed by atoms with Gasteiger partial charge in [0.1, 0.15) is 0 Å². The number of urea groups is 1. The minimum Gasteiger partial charge on any atom is -0.373 e. The van der Waals surface area contributed by atoms with Crippen LogP contribution in [0.2, 0.25) is 0 Å². The maximum atomic E-state index is 11.7. The highest BCUT2D eigenvalue weighted by atomic mass is 16.2. The lowest BCUT2D eigenvalue weighted by atomic mass is 10.1. The van der Waals surface area contributed by atoms with Gasteiger partial charge in [-0.15, -0.1) is 0 Å². The third-order valence-corrected chi connectivity index (χ3v) is 5.01. The molecular formula is C18H26N4O2. The van der Waals surface area contributed by atoms with Gasteiger partial charge in [0, 0.05) is 45.0 Å². The van der Waals surface area contributed by atoms with Gasteiger partial charge in [0.25, 0.3) is 0 Å². The SMILES string of the molecule is CC[C@H]1CN(C)c2ccccc2CN1CCCN1C(=O)CNC1=O. The Morgan fingerprint density at radius 2 is 2.00 bits per heavy atom. The number of imide groups is 1. The summed E-state index contributed by atoms with van der Waals surface area (Å²) in [6.07, 6.45) is 1.89. The molecular weight excluding hydrogens is 304 g/mol. The van der Waals surface area contributed by atoms with E-state index < -0.39 is 0 Å². The van der Waals surface area contributed by atoms with Crippen LogP contribution in [-0.2, 0) is 11.3 Å². The molecule has 0 saturated carbocycles. The summed E-state index contributed by atoms with van der Waals surface area (Å²) in [4.78, 5) is 29.4. The second-order valence-corrected chi connectivity index (χ2v) is 6.60. The molecule has 6 nitrogen and oxygen atoms in total. The minimum absolute atomic E-state index is 0.118.